The van der Waals surface area contributed by atoms with Crippen molar-refractivity contribution in [3.05, 3.63) is 78.0 Å². The zero-order valence-corrected chi connectivity index (χ0v) is 16.4. The van der Waals surface area contributed by atoms with Gasteiger partial charge in [0.05, 0.1) is 7.11 Å². The van der Waals surface area contributed by atoms with Crippen molar-refractivity contribution >= 4 is 5.82 Å². The molecule has 1 N–H and O–H groups in total. The summed E-state index contributed by atoms with van der Waals surface area (Å²) in [4.78, 5) is 4.28. The van der Waals surface area contributed by atoms with Gasteiger partial charge in [0.15, 0.2) is 11.5 Å². The lowest BCUT2D eigenvalue weighted by Crippen LogP contribution is -2.12. The number of ether oxygens (including phenoxy) is 3. The highest BCUT2D eigenvalue weighted by Gasteiger charge is 2.11. The van der Waals surface area contributed by atoms with Crippen LogP contribution in [0, 0.1) is 0 Å². The topological polar surface area (TPSA) is 52.6 Å². The van der Waals surface area contributed by atoms with Crippen LogP contribution in [0.3, 0.4) is 0 Å². The molecule has 5 nitrogen and oxygen atoms in total. The van der Waals surface area contributed by atoms with E-state index in [9.17, 15) is 0 Å². The minimum Gasteiger partial charge on any atom is -0.493 e. The monoisotopic (exact) mass is 378 g/mol. The van der Waals surface area contributed by atoms with E-state index < -0.39 is 0 Å². The second-order valence-corrected chi connectivity index (χ2v) is 6.21. The highest BCUT2D eigenvalue weighted by atomic mass is 16.5. The third kappa shape index (κ3) is 5.39. The fourth-order valence-corrected chi connectivity index (χ4v) is 2.80. The summed E-state index contributed by atoms with van der Waals surface area (Å²) < 4.78 is 17.3. The van der Waals surface area contributed by atoms with Gasteiger partial charge in [0.2, 0.25) is 0 Å². The van der Waals surface area contributed by atoms with Gasteiger partial charge in [0, 0.05) is 18.3 Å². The first-order chi connectivity index (χ1) is 13.8. The van der Waals surface area contributed by atoms with Gasteiger partial charge < -0.3 is 19.5 Å². The molecule has 0 fully saturated rings. The van der Waals surface area contributed by atoms with E-state index >= 15 is 0 Å². The van der Waals surface area contributed by atoms with Gasteiger partial charge in [-0.1, -0.05) is 37.3 Å². The summed E-state index contributed by atoms with van der Waals surface area (Å²) in [5, 5.41) is 3.30. The molecule has 0 radical (unpaired) electrons. The molecule has 0 amide bonds. The van der Waals surface area contributed by atoms with Crippen LogP contribution in [0.25, 0.3) is 0 Å². The normalized spacial score (nSPS) is 10.4. The number of aryl methyl sites for hydroxylation is 1. The van der Waals surface area contributed by atoms with Crippen LogP contribution in [-0.4, -0.2) is 25.3 Å². The first-order valence-electron chi connectivity index (χ1n) is 9.45. The Hall–Kier alpha value is -3.21. The van der Waals surface area contributed by atoms with Crippen LogP contribution in [0.5, 0.6) is 17.2 Å². The summed E-state index contributed by atoms with van der Waals surface area (Å²) in [7, 11) is 1.64. The lowest BCUT2D eigenvalue weighted by Gasteiger charge is -2.16. The fourth-order valence-electron chi connectivity index (χ4n) is 2.80. The van der Waals surface area contributed by atoms with Crippen LogP contribution in [0.4, 0.5) is 5.82 Å². The Morgan fingerprint density at radius 1 is 0.893 bits per heavy atom. The van der Waals surface area contributed by atoms with E-state index in [0.29, 0.717) is 25.5 Å². The standard InChI is InChI=1S/C23H26N2O3/c1-3-18-10-12-20(13-11-18)27-15-16-28-23-19(7-6-8-21(23)26-2)17-25-22-9-4-5-14-24-22/h4-14H,3,15-17H2,1-2H3,(H,24,25). The minimum absolute atomic E-state index is 0.423. The van der Waals surface area contributed by atoms with Crippen LogP contribution < -0.4 is 19.5 Å². The van der Waals surface area contributed by atoms with Crippen LogP contribution in [0.15, 0.2) is 66.9 Å². The van der Waals surface area contributed by atoms with Gasteiger partial charge in [-0.3, -0.25) is 0 Å². The van der Waals surface area contributed by atoms with Crippen LogP contribution in [0.1, 0.15) is 18.1 Å². The Morgan fingerprint density at radius 2 is 1.71 bits per heavy atom. The average molecular weight is 378 g/mol. The van der Waals surface area contributed by atoms with Crippen molar-refractivity contribution in [1.29, 1.82) is 0 Å². The van der Waals surface area contributed by atoms with Crippen LogP contribution in [-0.2, 0) is 13.0 Å². The molecule has 0 spiro atoms. The number of hydrogen-bond acceptors (Lipinski definition) is 5. The highest BCUT2D eigenvalue weighted by molar-refractivity contribution is 5.48. The van der Waals surface area contributed by atoms with Crippen LogP contribution in [0.2, 0.25) is 0 Å². The zero-order valence-electron chi connectivity index (χ0n) is 16.4. The van der Waals surface area contributed by atoms with E-state index in [1.807, 2.05) is 48.5 Å². The van der Waals surface area contributed by atoms with Gasteiger partial charge in [-0.15, -0.1) is 0 Å². The van der Waals surface area contributed by atoms with Crippen molar-refractivity contribution < 1.29 is 14.2 Å². The Morgan fingerprint density at radius 3 is 2.43 bits per heavy atom. The van der Waals surface area contributed by atoms with Gasteiger partial charge in [-0.25, -0.2) is 4.98 Å². The quantitative estimate of drug-likeness (QED) is 0.517. The van der Waals surface area contributed by atoms with Crippen molar-refractivity contribution in [3.8, 4) is 17.2 Å². The molecule has 0 aliphatic heterocycles. The Balaban J connectivity index is 1.58. The van der Waals surface area contributed by atoms with E-state index in [2.05, 4.69) is 29.4 Å². The molecule has 0 saturated heterocycles. The number of hydrogen-bond donors (Lipinski definition) is 1. The van der Waals surface area contributed by atoms with E-state index in [0.717, 1.165) is 29.3 Å². The lowest BCUT2D eigenvalue weighted by atomic mass is 10.2. The number of methoxy groups -OCH3 is 1. The van der Waals surface area contributed by atoms with Crippen LogP contribution >= 0.6 is 0 Å². The smallest absolute Gasteiger partial charge is 0.166 e. The molecule has 0 atom stereocenters. The summed E-state index contributed by atoms with van der Waals surface area (Å²) in [6.07, 6.45) is 2.78. The molecule has 0 saturated carbocycles. The molecule has 2 aromatic carbocycles. The largest absolute Gasteiger partial charge is 0.493 e. The number of nitrogens with zero attached hydrogens (tertiary/aromatic N) is 1. The van der Waals surface area contributed by atoms with Gasteiger partial charge in [-0.2, -0.15) is 0 Å². The number of pyridine rings is 1. The van der Waals surface area contributed by atoms with Crippen molar-refractivity contribution in [2.24, 2.45) is 0 Å². The van der Waals surface area contributed by atoms with Gasteiger partial charge in [-0.05, 0) is 42.3 Å². The number of benzene rings is 2. The summed E-state index contributed by atoms with van der Waals surface area (Å²) in [6.45, 7) is 3.60. The number of aromatic nitrogens is 1. The van der Waals surface area contributed by atoms with Gasteiger partial charge in [0.1, 0.15) is 24.8 Å². The molecule has 28 heavy (non-hydrogen) atoms. The molecule has 3 aromatic rings. The number of nitrogens with one attached hydrogen (secondary N) is 1. The average Bonchev–Trinajstić information content (AvgIpc) is 2.76. The first-order valence-corrected chi connectivity index (χ1v) is 9.45. The third-order valence-electron chi connectivity index (χ3n) is 4.34. The van der Waals surface area contributed by atoms with E-state index in [4.69, 9.17) is 14.2 Å². The molecule has 3 rings (SSSR count). The zero-order chi connectivity index (χ0) is 19.6. The summed E-state index contributed by atoms with van der Waals surface area (Å²) in [5.74, 6) is 3.08. The first kappa shape index (κ1) is 19.5. The Bertz CT molecular complexity index is 851. The second kappa shape index (κ2) is 10.2. The number of anilines is 1. The molecular formula is C23H26N2O3. The maximum Gasteiger partial charge on any atom is 0.166 e. The SMILES string of the molecule is CCc1ccc(OCCOc2c(CNc3ccccn3)cccc2OC)cc1. The fraction of sp³-hybridized carbons (Fsp3) is 0.261. The van der Waals surface area contributed by atoms with E-state index in [1.54, 1.807) is 13.3 Å². The molecular weight excluding hydrogens is 352 g/mol. The predicted octanol–water partition coefficient (Wildman–Crippen LogP) is 4.72. The molecule has 1 aromatic heterocycles. The molecule has 5 heteroatoms. The second-order valence-electron chi connectivity index (χ2n) is 6.21. The maximum atomic E-state index is 6.00. The van der Waals surface area contributed by atoms with Crippen molar-refractivity contribution in [1.82, 2.24) is 4.98 Å². The number of rotatable bonds is 10. The summed E-state index contributed by atoms with van der Waals surface area (Å²) in [5.41, 5.74) is 2.29. The minimum atomic E-state index is 0.423. The maximum absolute atomic E-state index is 6.00. The molecule has 146 valence electrons. The van der Waals surface area contributed by atoms with Crippen molar-refractivity contribution in [2.75, 3.05) is 25.6 Å². The molecule has 0 bridgehead atoms. The predicted molar refractivity (Wildman–Crippen MR) is 111 cm³/mol. The molecule has 0 unspecified atom stereocenters. The molecule has 1 heterocycles. The van der Waals surface area contributed by atoms with Gasteiger partial charge >= 0.3 is 0 Å². The summed E-state index contributed by atoms with van der Waals surface area (Å²) in [6, 6.07) is 19.8. The van der Waals surface area contributed by atoms with E-state index in [1.165, 1.54) is 5.56 Å². The number of para-hydroxylation sites is 1. The van der Waals surface area contributed by atoms with Crippen molar-refractivity contribution in [2.45, 2.75) is 19.9 Å². The van der Waals surface area contributed by atoms with Crippen molar-refractivity contribution in [3.63, 3.8) is 0 Å². The molecule has 0 aliphatic carbocycles. The Kier molecular flexibility index (Phi) is 7.13. The third-order valence-corrected chi connectivity index (χ3v) is 4.34. The Labute approximate surface area is 166 Å². The summed E-state index contributed by atoms with van der Waals surface area (Å²) >= 11 is 0. The van der Waals surface area contributed by atoms with E-state index in [-0.39, 0.29) is 0 Å². The molecule has 0 aliphatic rings. The van der Waals surface area contributed by atoms with Gasteiger partial charge in [0.25, 0.3) is 0 Å². The lowest BCUT2D eigenvalue weighted by molar-refractivity contribution is 0.210. The highest BCUT2D eigenvalue weighted by Crippen LogP contribution is 2.31.